The first-order valence-corrected chi connectivity index (χ1v) is 8.63. The standard InChI is InChI=1S/C13H26N2OSi/c1-10(2)17(11(3)4,12(5)6)16-13-8-9-15(7)14-13/h8-12H,1-7H3. The molecular formula is C13H26N2OSi. The van der Waals surface area contributed by atoms with Gasteiger partial charge in [-0.2, -0.15) is 0 Å². The molecule has 3 nitrogen and oxygen atoms in total. The van der Waals surface area contributed by atoms with Crippen molar-refractivity contribution in [3.8, 4) is 5.88 Å². The Morgan fingerprint density at radius 3 is 1.82 bits per heavy atom. The number of hydrogen-bond donors (Lipinski definition) is 0. The van der Waals surface area contributed by atoms with Crippen LogP contribution in [0.3, 0.4) is 0 Å². The molecule has 0 saturated heterocycles. The lowest BCUT2D eigenvalue weighted by Crippen LogP contribution is -2.50. The first-order valence-electron chi connectivity index (χ1n) is 6.49. The van der Waals surface area contributed by atoms with Crippen molar-refractivity contribution in [2.24, 2.45) is 7.05 Å². The Hall–Kier alpha value is -0.773. The minimum atomic E-state index is -1.83. The average Bonchev–Trinajstić information content (AvgIpc) is 2.58. The number of aryl methyl sites for hydroxylation is 1. The molecule has 0 aliphatic carbocycles. The zero-order valence-electron chi connectivity index (χ0n) is 12.2. The average molecular weight is 254 g/mol. The van der Waals surface area contributed by atoms with Gasteiger partial charge in [0.25, 0.3) is 8.32 Å². The van der Waals surface area contributed by atoms with Crippen molar-refractivity contribution in [1.29, 1.82) is 0 Å². The molecule has 1 aromatic heterocycles. The third kappa shape index (κ3) is 2.73. The number of rotatable bonds is 5. The van der Waals surface area contributed by atoms with E-state index in [1.54, 1.807) is 4.68 Å². The maximum Gasteiger partial charge on any atom is 0.260 e. The highest BCUT2D eigenvalue weighted by molar-refractivity contribution is 6.78. The maximum atomic E-state index is 6.41. The van der Waals surface area contributed by atoms with E-state index in [2.05, 4.69) is 46.6 Å². The van der Waals surface area contributed by atoms with E-state index in [0.717, 1.165) is 5.88 Å². The molecule has 0 amide bonds. The monoisotopic (exact) mass is 254 g/mol. The topological polar surface area (TPSA) is 27.1 Å². The number of hydrogen-bond acceptors (Lipinski definition) is 2. The van der Waals surface area contributed by atoms with Crippen LogP contribution in [-0.4, -0.2) is 18.1 Å². The molecule has 0 saturated carbocycles. The number of nitrogens with zero attached hydrogens (tertiary/aromatic N) is 2. The Bertz CT molecular complexity index is 336. The molecule has 0 radical (unpaired) electrons. The van der Waals surface area contributed by atoms with E-state index >= 15 is 0 Å². The molecule has 0 fully saturated rings. The Balaban J connectivity index is 3.06. The molecule has 0 atom stereocenters. The molecule has 0 aliphatic heterocycles. The SMILES string of the molecule is CC(C)[Si](Oc1ccn(C)n1)(C(C)C)C(C)C. The second kappa shape index (κ2) is 5.25. The predicted molar refractivity (Wildman–Crippen MR) is 74.9 cm³/mol. The Morgan fingerprint density at radius 1 is 1.06 bits per heavy atom. The van der Waals surface area contributed by atoms with Gasteiger partial charge in [0, 0.05) is 19.3 Å². The van der Waals surface area contributed by atoms with Crippen molar-refractivity contribution in [3.05, 3.63) is 12.3 Å². The van der Waals surface area contributed by atoms with Crippen LogP contribution in [0.4, 0.5) is 0 Å². The van der Waals surface area contributed by atoms with Crippen LogP contribution in [0.15, 0.2) is 12.3 Å². The van der Waals surface area contributed by atoms with Gasteiger partial charge in [0.15, 0.2) is 0 Å². The van der Waals surface area contributed by atoms with E-state index in [9.17, 15) is 0 Å². The molecule has 0 N–H and O–H groups in total. The molecular weight excluding hydrogens is 228 g/mol. The van der Waals surface area contributed by atoms with Gasteiger partial charge < -0.3 is 4.43 Å². The fourth-order valence-corrected chi connectivity index (χ4v) is 8.16. The summed E-state index contributed by atoms with van der Waals surface area (Å²) in [5.41, 5.74) is 1.76. The van der Waals surface area contributed by atoms with Gasteiger partial charge in [-0.1, -0.05) is 41.5 Å². The molecule has 1 heterocycles. The van der Waals surface area contributed by atoms with Crippen LogP contribution in [0.25, 0.3) is 0 Å². The first-order chi connectivity index (χ1) is 7.80. The lowest BCUT2D eigenvalue weighted by Gasteiger charge is -2.41. The van der Waals surface area contributed by atoms with Crippen LogP contribution in [0, 0.1) is 0 Å². The van der Waals surface area contributed by atoms with E-state index in [0.29, 0.717) is 16.6 Å². The summed E-state index contributed by atoms with van der Waals surface area (Å²) in [7, 11) is 0.0959. The summed E-state index contributed by atoms with van der Waals surface area (Å²) < 4.78 is 8.22. The summed E-state index contributed by atoms with van der Waals surface area (Å²) in [6, 6.07) is 1.97. The second-order valence-electron chi connectivity index (χ2n) is 5.75. The van der Waals surface area contributed by atoms with Gasteiger partial charge in [-0.3, -0.25) is 4.68 Å². The lowest BCUT2D eigenvalue weighted by atomic mass is 10.5. The van der Waals surface area contributed by atoms with Gasteiger partial charge in [0.05, 0.1) is 0 Å². The van der Waals surface area contributed by atoms with Crippen LogP contribution in [0.5, 0.6) is 5.88 Å². The van der Waals surface area contributed by atoms with Crippen molar-refractivity contribution >= 4 is 8.32 Å². The highest BCUT2D eigenvalue weighted by atomic mass is 28.4. The molecule has 0 unspecified atom stereocenters. The molecule has 0 aliphatic rings. The summed E-state index contributed by atoms with van der Waals surface area (Å²) in [6.45, 7) is 13.7. The molecule has 0 bridgehead atoms. The van der Waals surface area contributed by atoms with E-state index in [1.165, 1.54) is 0 Å². The van der Waals surface area contributed by atoms with Crippen LogP contribution in [0.2, 0.25) is 16.6 Å². The quantitative estimate of drug-likeness (QED) is 0.743. The Labute approximate surface area is 106 Å². The van der Waals surface area contributed by atoms with E-state index < -0.39 is 8.32 Å². The second-order valence-corrected chi connectivity index (χ2v) is 11.1. The van der Waals surface area contributed by atoms with Crippen LogP contribution in [-0.2, 0) is 7.05 Å². The maximum absolute atomic E-state index is 6.41. The first kappa shape index (κ1) is 14.3. The van der Waals surface area contributed by atoms with Gasteiger partial charge >= 0.3 is 0 Å². The van der Waals surface area contributed by atoms with E-state index in [-0.39, 0.29) is 0 Å². The lowest BCUT2D eigenvalue weighted by molar-refractivity contribution is 0.456. The third-order valence-corrected chi connectivity index (χ3v) is 9.65. The Kier molecular flexibility index (Phi) is 4.41. The highest BCUT2D eigenvalue weighted by Crippen LogP contribution is 2.42. The van der Waals surface area contributed by atoms with Crippen LogP contribution < -0.4 is 4.43 Å². The molecule has 1 aromatic rings. The smallest absolute Gasteiger partial charge is 0.260 e. The number of aromatic nitrogens is 2. The fraction of sp³-hybridized carbons (Fsp3) is 0.769. The molecule has 17 heavy (non-hydrogen) atoms. The Morgan fingerprint density at radius 2 is 1.53 bits per heavy atom. The van der Waals surface area contributed by atoms with Crippen molar-refractivity contribution in [2.45, 2.75) is 58.2 Å². The van der Waals surface area contributed by atoms with Crippen molar-refractivity contribution in [1.82, 2.24) is 9.78 Å². The summed E-state index contributed by atoms with van der Waals surface area (Å²) in [5, 5.41) is 4.37. The zero-order valence-corrected chi connectivity index (χ0v) is 13.2. The summed E-state index contributed by atoms with van der Waals surface area (Å²) in [6.07, 6.45) is 1.94. The summed E-state index contributed by atoms with van der Waals surface area (Å²) in [5.74, 6) is 0.787. The van der Waals surface area contributed by atoms with Gasteiger partial charge in [-0.15, -0.1) is 5.10 Å². The minimum Gasteiger partial charge on any atom is -0.529 e. The largest absolute Gasteiger partial charge is 0.529 e. The van der Waals surface area contributed by atoms with E-state index in [1.807, 2.05) is 19.3 Å². The summed E-state index contributed by atoms with van der Waals surface area (Å²) in [4.78, 5) is 0. The van der Waals surface area contributed by atoms with Crippen molar-refractivity contribution in [2.75, 3.05) is 0 Å². The third-order valence-electron chi connectivity index (χ3n) is 3.68. The van der Waals surface area contributed by atoms with Gasteiger partial charge in [0.1, 0.15) is 0 Å². The minimum absolute atomic E-state index is 0.588. The van der Waals surface area contributed by atoms with Crippen molar-refractivity contribution < 1.29 is 4.43 Å². The molecule has 4 heteroatoms. The van der Waals surface area contributed by atoms with E-state index in [4.69, 9.17) is 4.43 Å². The summed E-state index contributed by atoms with van der Waals surface area (Å²) >= 11 is 0. The molecule has 98 valence electrons. The fourth-order valence-electron chi connectivity index (χ4n) is 2.98. The molecule has 0 aromatic carbocycles. The van der Waals surface area contributed by atoms with Crippen molar-refractivity contribution in [3.63, 3.8) is 0 Å². The molecule has 0 spiro atoms. The zero-order chi connectivity index (χ0) is 13.2. The highest BCUT2D eigenvalue weighted by Gasteiger charge is 2.47. The van der Waals surface area contributed by atoms with Gasteiger partial charge in [-0.05, 0) is 16.6 Å². The van der Waals surface area contributed by atoms with Gasteiger partial charge in [-0.25, -0.2) is 0 Å². The molecule has 1 rings (SSSR count). The van der Waals surface area contributed by atoms with Crippen LogP contribution >= 0.6 is 0 Å². The van der Waals surface area contributed by atoms with Crippen LogP contribution in [0.1, 0.15) is 41.5 Å². The normalized spacial score (nSPS) is 12.8. The predicted octanol–water partition coefficient (Wildman–Crippen LogP) is 3.97. The van der Waals surface area contributed by atoms with Gasteiger partial charge in [0.2, 0.25) is 5.88 Å².